The van der Waals surface area contributed by atoms with Crippen LogP contribution in [0.5, 0.6) is 0 Å². The smallest absolute Gasteiger partial charge is 0.0321 e. The molecule has 1 aromatic rings. The predicted molar refractivity (Wildman–Crippen MR) is 73.0 cm³/mol. The average Bonchev–Trinajstić information content (AvgIpc) is 2.38. The van der Waals surface area contributed by atoms with Crippen LogP contribution in [0.2, 0.25) is 0 Å². The number of hydrogen-bond donors (Lipinski definition) is 1. The van der Waals surface area contributed by atoms with Crippen LogP contribution in [0.4, 0.5) is 5.69 Å². The Hall–Kier alpha value is -1.06. The molecule has 1 aliphatic heterocycles. The summed E-state index contributed by atoms with van der Waals surface area (Å²) in [6, 6.07) is 8.73. The molecule has 0 radical (unpaired) electrons. The standard InChI is InChI=1S/C14H23N3/c1-3-16-7-9-17(10-8-16)12(2)13-5-4-6-14(15)11-13/h4-6,11-12H,3,7-10,15H2,1-2H3. The van der Waals surface area contributed by atoms with Crippen molar-refractivity contribution in [1.82, 2.24) is 9.80 Å². The van der Waals surface area contributed by atoms with Crippen LogP contribution in [-0.4, -0.2) is 42.5 Å². The van der Waals surface area contributed by atoms with Crippen molar-refractivity contribution in [3.05, 3.63) is 29.8 Å². The summed E-state index contributed by atoms with van der Waals surface area (Å²) in [5.41, 5.74) is 8.03. The number of rotatable bonds is 3. The van der Waals surface area contributed by atoms with E-state index in [9.17, 15) is 0 Å². The van der Waals surface area contributed by atoms with Crippen LogP contribution in [0.3, 0.4) is 0 Å². The maximum absolute atomic E-state index is 5.84. The van der Waals surface area contributed by atoms with Crippen LogP contribution in [0, 0.1) is 0 Å². The molecule has 1 atom stereocenters. The lowest BCUT2D eigenvalue weighted by atomic mass is 10.1. The number of piperazine rings is 1. The highest BCUT2D eigenvalue weighted by atomic mass is 15.3. The fraction of sp³-hybridized carbons (Fsp3) is 0.571. The summed E-state index contributed by atoms with van der Waals surface area (Å²) in [6.07, 6.45) is 0. The minimum Gasteiger partial charge on any atom is -0.399 e. The van der Waals surface area contributed by atoms with E-state index < -0.39 is 0 Å². The van der Waals surface area contributed by atoms with Crippen molar-refractivity contribution in [3.63, 3.8) is 0 Å². The van der Waals surface area contributed by atoms with E-state index in [2.05, 4.69) is 35.8 Å². The Balaban J connectivity index is 1.99. The predicted octanol–water partition coefficient (Wildman–Crippen LogP) is 1.97. The van der Waals surface area contributed by atoms with Crippen molar-refractivity contribution in [2.24, 2.45) is 0 Å². The monoisotopic (exact) mass is 233 g/mol. The van der Waals surface area contributed by atoms with Crippen LogP contribution < -0.4 is 5.73 Å². The topological polar surface area (TPSA) is 32.5 Å². The zero-order valence-electron chi connectivity index (χ0n) is 10.9. The van der Waals surface area contributed by atoms with Gasteiger partial charge in [0, 0.05) is 37.9 Å². The highest BCUT2D eigenvalue weighted by Gasteiger charge is 2.21. The molecule has 1 aliphatic rings. The molecule has 3 nitrogen and oxygen atoms in total. The summed E-state index contributed by atoms with van der Waals surface area (Å²) >= 11 is 0. The van der Waals surface area contributed by atoms with E-state index in [1.54, 1.807) is 0 Å². The highest BCUT2D eigenvalue weighted by molar-refractivity contribution is 5.41. The van der Waals surface area contributed by atoms with Crippen LogP contribution in [0.15, 0.2) is 24.3 Å². The number of likely N-dealkylation sites (N-methyl/N-ethyl adjacent to an activating group) is 1. The fourth-order valence-electron chi connectivity index (χ4n) is 2.50. The summed E-state index contributed by atoms with van der Waals surface area (Å²) in [6.45, 7) is 10.4. The number of benzene rings is 1. The molecule has 0 aromatic heterocycles. The molecule has 1 aromatic carbocycles. The molecular weight excluding hydrogens is 210 g/mol. The van der Waals surface area contributed by atoms with Gasteiger partial charge in [-0.05, 0) is 31.2 Å². The van der Waals surface area contributed by atoms with Gasteiger partial charge in [-0.2, -0.15) is 0 Å². The second kappa shape index (κ2) is 5.52. The van der Waals surface area contributed by atoms with E-state index in [0.29, 0.717) is 6.04 Å². The second-order valence-electron chi connectivity index (χ2n) is 4.82. The van der Waals surface area contributed by atoms with Gasteiger partial charge < -0.3 is 10.6 Å². The van der Waals surface area contributed by atoms with E-state index in [-0.39, 0.29) is 0 Å². The zero-order chi connectivity index (χ0) is 12.3. The van der Waals surface area contributed by atoms with Gasteiger partial charge in [0.15, 0.2) is 0 Å². The van der Waals surface area contributed by atoms with Gasteiger partial charge in [0.05, 0.1) is 0 Å². The molecule has 0 aliphatic carbocycles. The summed E-state index contributed by atoms with van der Waals surface area (Å²) in [5, 5.41) is 0. The van der Waals surface area contributed by atoms with E-state index in [4.69, 9.17) is 5.73 Å². The van der Waals surface area contributed by atoms with Crippen LogP contribution in [0.25, 0.3) is 0 Å². The summed E-state index contributed by atoms with van der Waals surface area (Å²) < 4.78 is 0. The van der Waals surface area contributed by atoms with Gasteiger partial charge in [-0.15, -0.1) is 0 Å². The number of nitrogen functional groups attached to an aromatic ring is 1. The fourth-order valence-corrected chi connectivity index (χ4v) is 2.50. The summed E-state index contributed by atoms with van der Waals surface area (Å²) in [4.78, 5) is 5.05. The van der Waals surface area contributed by atoms with Crippen LogP contribution >= 0.6 is 0 Å². The molecule has 17 heavy (non-hydrogen) atoms. The minimum atomic E-state index is 0.470. The number of nitrogens with two attached hydrogens (primary N) is 1. The molecule has 94 valence electrons. The molecule has 2 N–H and O–H groups in total. The van der Waals surface area contributed by atoms with Crippen molar-refractivity contribution in [2.45, 2.75) is 19.9 Å². The molecule has 1 saturated heterocycles. The number of nitrogens with zero attached hydrogens (tertiary/aromatic N) is 2. The first-order chi connectivity index (χ1) is 8.20. The van der Waals surface area contributed by atoms with Crippen molar-refractivity contribution in [1.29, 1.82) is 0 Å². The van der Waals surface area contributed by atoms with Crippen molar-refractivity contribution < 1.29 is 0 Å². The quantitative estimate of drug-likeness (QED) is 0.810. The lowest BCUT2D eigenvalue weighted by Crippen LogP contribution is -2.46. The molecular formula is C14H23N3. The largest absolute Gasteiger partial charge is 0.399 e. The first kappa shape index (κ1) is 12.4. The van der Waals surface area contributed by atoms with Gasteiger partial charge >= 0.3 is 0 Å². The van der Waals surface area contributed by atoms with Gasteiger partial charge in [0.2, 0.25) is 0 Å². The van der Waals surface area contributed by atoms with Gasteiger partial charge in [-0.25, -0.2) is 0 Å². The van der Waals surface area contributed by atoms with E-state index >= 15 is 0 Å². The Bertz CT molecular complexity index is 356. The molecule has 1 heterocycles. The highest BCUT2D eigenvalue weighted by Crippen LogP contribution is 2.22. The zero-order valence-corrected chi connectivity index (χ0v) is 10.9. The molecule has 3 heteroatoms. The Morgan fingerprint density at radius 1 is 1.24 bits per heavy atom. The Labute approximate surface area is 104 Å². The third-order valence-corrected chi connectivity index (χ3v) is 3.79. The molecule has 0 saturated carbocycles. The second-order valence-corrected chi connectivity index (χ2v) is 4.82. The maximum Gasteiger partial charge on any atom is 0.0321 e. The normalized spacial score (nSPS) is 20.4. The SMILES string of the molecule is CCN1CCN(C(C)c2cccc(N)c2)CC1. The lowest BCUT2D eigenvalue weighted by molar-refractivity contribution is 0.106. The van der Waals surface area contributed by atoms with E-state index in [1.165, 1.54) is 25.2 Å². The molecule has 0 spiro atoms. The van der Waals surface area contributed by atoms with E-state index in [1.807, 2.05) is 12.1 Å². The Kier molecular flexibility index (Phi) is 4.02. The average molecular weight is 233 g/mol. The number of anilines is 1. The first-order valence-electron chi connectivity index (χ1n) is 6.52. The molecule has 2 rings (SSSR count). The van der Waals surface area contributed by atoms with Crippen molar-refractivity contribution in [2.75, 3.05) is 38.5 Å². The van der Waals surface area contributed by atoms with Gasteiger partial charge in [0.1, 0.15) is 0 Å². The van der Waals surface area contributed by atoms with Gasteiger partial charge in [-0.1, -0.05) is 19.1 Å². The summed E-state index contributed by atoms with van der Waals surface area (Å²) in [7, 11) is 0. The van der Waals surface area contributed by atoms with E-state index in [0.717, 1.165) is 18.8 Å². The maximum atomic E-state index is 5.84. The summed E-state index contributed by atoms with van der Waals surface area (Å²) in [5.74, 6) is 0. The van der Waals surface area contributed by atoms with Crippen molar-refractivity contribution in [3.8, 4) is 0 Å². The first-order valence-corrected chi connectivity index (χ1v) is 6.52. The Morgan fingerprint density at radius 2 is 1.94 bits per heavy atom. The van der Waals surface area contributed by atoms with Gasteiger partial charge in [-0.3, -0.25) is 4.90 Å². The minimum absolute atomic E-state index is 0.470. The molecule has 1 fully saturated rings. The third kappa shape index (κ3) is 2.99. The van der Waals surface area contributed by atoms with Gasteiger partial charge in [0.25, 0.3) is 0 Å². The number of hydrogen-bond acceptors (Lipinski definition) is 3. The molecule has 0 amide bonds. The third-order valence-electron chi connectivity index (χ3n) is 3.79. The Morgan fingerprint density at radius 3 is 2.53 bits per heavy atom. The van der Waals surface area contributed by atoms with Crippen molar-refractivity contribution >= 4 is 5.69 Å². The van der Waals surface area contributed by atoms with Crippen LogP contribution in [-0.2, 0) is 0 Å². The molecule has 1 unspecified atom stereocenters. The van der Waals surface area contributed by atoms with Crippen LogP contribution in [0.1, 0.15) is 25.5 Å². The molecule has 0 bridgehead atoms. The lowest BCUT2D eigenvalue weighted by Gasteiger charge is -2.37.